The maximum atomic E-state index is 6.43. The van der Waals surface area contributed by atoms with Gasteiger partial charge in [0.1, 0.15) is 0 Å². The molecule has 0 unspecified atom stereocenters. The first-order valence-electron chi connectivity index (χ1n) is 17.1. The Hall–Kier alpha value is -6.70. The summed E-state index contributed by atoms with van der Waals surface area (Å²) in [6.45, 7) is 0. The molecule has 1 aromatic heterocycles. The Kier molecular flexibility index (Phi) is 7.29. The van der Waals surface area contributed by atoms with Gasteiger partial charge in [0.25, 0.3) is 0 Å². The fourth-order valence-corrected chi connectivity index (χ4v) is 7.94. The van der Waals surface area contributed by atoms with Gasteiger partial charge in [0.05, 0.1) is 22.7 Å². The van der Waals surface area contributed by atoms with Gasteiger partial charge in [0.2, 0.25) is 0 Å². The number of anilines is 6. The number of hydrogen-bond acceptors (Lipinski definition) is 7. The first-order chi connectivity index (χ1) is 25.8. The van der Waals surface area contributed by atoms with Crippen LogP contribution < -0.4 is 14.5 Å². The van der Waals surface area contributed by atoms with Crippen molar-refractivity contribution in [2.24, 2.45) is 0 Å². The highest BCUT2D eigenvalue weighted by atomic mass is 32.2. The molecule has 0 N–H and O–H groups in total. The first-order valence-corrected chi connectivity index (χ1v) is 17.9. The van der Waals surface area contributed by atoms with E-state index in [2.05, 4.69) is 88.7 Å². The van der Waals surface area contributed by atoms with Crippen molar-refractivity contribution >= 4 is 45.9 Å². The molecular formula is C45H29N5OS. The van der Waals surface area contributed by atoms with E-state index in [1.54, 1.807) is 11.8 Å². The van der Waals surface area contributed by atoms with Gasteiger partial charge < -0.3 is 14.5 Å². The summed E-state index contributed by atoms with van der Waals surface area (Å²) in [5, 5.41) is 0. The standard InChI is InChI=1S/C45H29N5OS/c1-3-15-30(16-4-1)43-46-44(31-17-5-2-6-18-31)48-45(47-43)32-27-33(49-35-19-7-11-23-39(35)51-40-24-12-8-20-36(40)49)29-34(28-32)50-37-21-9-13-25-41(37)52-42-26-14-10-22-38(42)50/h1-29H. The lowest BCUT2D eigenvalue weighted by Gasteiger charge is -2.36. The van der Waals surface area contributed by atoms with Crippen LogP contribution in [0.15, 0.2) is 186 Å². The zero-order chi connectivity index (χ0) is 34.4. The van der Waals surface area contributed by atoms with Gasteiger partial charge in [-0.15, -0.1) is 0 Å². The van der Waals surface area contributed by atoms with Crippen LogP contribution in [0.1, 0.15) is 0 Å². The molecule has 246 valence electrons. The van der Waals surface area contributed by atoms with Crippen LogP contribution in [0, 0.1) is 0 Å². The minimum Gasteiger partial charge on any atom is -0.453 e. The van der Waals surface area contributed by atoms with E-state index in [9.17, 15) is 0 Å². The topological polar surface area (TPSA) is 54.4 Å². The average Bonchev–Trinajstić information content (AvgIpc) is 3.22. The maximum Gasteiger partial charge on any atom is 0.164 e. The lowest BCUT2D eigenvalue weighted by Crippen LogP contribution is -2.18. The van der Waals surface area contributed by atoms with Crippen molar-refractivity contribution < 1.29 is 4.74 Å². The zero-order valence-corrected chi connectivity index (χ0v) is 28.6. The van der Waals surface area contributed by atoms with Crippen LogP contribution in [0.3, 0.4) is 0 Å². The van der Waals surface area contributed by atoms with Gasteiger partial charge in [-0.3, -0.25) is 0 Å². The van der Waals surface area contributed by atoms with E-state index in [1.165, 1.54) is 9.79 Å². The van der Waals surface area contributed by atoms with Crippen molar-refractivity contribution in [1.82, 2.24) is 15.0 Å². The normalized spacial score (nSPS) is 12.6. The summed E-state index contributed by atoms with van der Waals surface area (Å²) in [5.74, 6) is 3.39. The maximum absolute atomic E-state index is 6.43. The summed E-state index contributed by atoms with van der Waals surface area (Å²) < 4.78 is 6.43. The average molecular weight is 688 g/mol. The summed E-state index contributed by atoms with van der Waals surface area (Å²) in [5.41, 5.74) is 8.77. The van der Waals surface area contributed by atoms with Crippen molar-refractivity contribution in [1.29, 1.82) is 0 Å². The molecule has 0 amide bonds. The van der Waals surface area contributed by atoms with Crippen molar-refractivity contribution in [3.05, 3.63) is 176 Å². The van der Waals surface area contributed by atoms with Crippen LogP contribution in [0.25, 0.3) is 34.2 Å². The van der Waals surface area contributed by atoms with E-state index in [1.807, 2.05) is 97.1 Å². The SMILES string of the molecule is c1ccc(-c2nc(-c3ccccc3)nc(-c3cc(N4c5ccccc5Oc5ccccc54)cc(N4c5ccccc5Sc5ccccc54)c3)n2)cc1. The molecule has 2 aliphatic rings. The number of para-hydroxylation sites is 6. The number of fused-ring (bicyclic) bond motifs is 4. The van der Waals surface area contributed by atoms with Crippen LogP contribution in [-0.4, -0.2) is 15.0 Å². The highest BCUT2D eigenvalue weighted by molar-refractivity contribution is 7.99. The van der Waals surface area contributed by atoms with E-state index < -0.39 is 0 Å². The van der Waals surface area contributed by atoms with Gasteiger partial charge in [-0.1, -0.05) is 121 Å². The van der Waals surface area contributed by atoms with Gasteiger partial charge in [0.15, 0.2) is 29.0 Å². The van der Waals surface area contributed by atoms with E-state index in [0.29, 0.717) is 17.5 Å². The summed E-state index contributed by atoms with van der Waals surface area (Å²) in [6, 6.07) is 60.3. The predicted molar refractivity (Wildman–Crippen MR) is 210 cm³/mol. The predicted octanol–water partition coefficient (Wildman–Crippen LogP) is 12.4. The summed E-state index contributed by atoms with van der Waals surface area (Å²) in [4.78, 5) is 22.3. The van der Waals surface area contributed by atoms with Crippen molar-refractivity contribution in [3.8, 4) is 45.7 Å². The van der Waals surface area contributed by atoms with Gasteiger partial charge in [-0.2, -0.15) is 0 Å². The van der Waals surface area contributed by atoms with Crippen LogP contribution in [0.2, 0.25) is 0 Å². The molecule has 6 nitrogen and oxygen atoms in total. The Bertz CT molecular complexity index is 2350. The molecule has 3 heterocycles. The van der Waals surface area contributed by atoms with Gasteiger partial charge in [-0.25, -0.2) is 15.0 Å². The molecule has 0 bridgehead atoms. The van der Waals surface area contributed by atoms with Crippen molar-refractivity contribution in [3.63, 3.8) is 0 Å². The van der Waals surface area contributed by atoms with Crippen molar-refractivity contribution in [2.45, 2.75) is 9.79 Å². The Morgan fingerprint density at radius 1 is 0.365 bits per heavy atom. The molecule has 0 aliphatic carbocycles. The smallest absolute Gasteiger partial charge is 0.164 e. The Balaban J connectivity index is 1.26. The quantitative estimate of drug-likeness (QED) is 0.178. The second-order valence-corrected chi connectivity index (χ2v) is 13.6. The first kappa shape index (κ1) is 30.2. The molecule has 52 heavy (non-hydrogen) atoms. The molecule has 8 aromatic rings. The Labute approximate surface area is 305 Å². The third-order valence-electron chi connectivity index (χ3n) is 9.24. The molecule has 7 heteroatoms. The van der Waals surface area contributed by atoms with Gasteiger partial charge in [0, 0.05) is 37.9 Å². The fraction of sp³-hybridized carbons (Fsp3) is 0. The Morgan fingerprint density at radius 3 is 1.25 bits per heavy atom. The lowest BCUT2D eigenvalue weighted by molar-refractivity contribution is 0.477. The molecule has 0 fully saturated rings. The highest BCUT2D eigenvalue weighted by Crippen LogP contribution is 2.54. The van der Waals surface area contributed by atoms with Gasteiger partial charge in [-0.05, 0) is 66.7 Å². The Morgan fingerprint density at radius 2 is 0.750 bits per heavy atom. The van der Waals surface area contributed by atoms with E-state index in [-0.39, 0.29) is 0 Å². The highest BCUT2D eigenvalue weighted by Gasteiger charge is 2.29. The minimum absolute atomic E-state index is 0.582. The number of benzene rings is 7. The van der Waals surface area contributed by atoms with Crippen LogP contribution >= 0.6 is 11.8 Å². The minimum atomic E-state index is 0.582. The second-order valence-electron chi connectivity index (χ2n) is 12.5. The monoisotopic (exact) mass is 687 g/mol. The molecule has 7 aromatic carbocycles. The fourth-order valence-electron chi connectivity index (χ4n) is 6.89. The molecule has 2 aliphatic heterocycles. The molecule has 0 saturated heterocycles. The van der Waals surface area contributed by atoms with Crippen LogP contribution in [0.4, 0.5) is 34.1 Å². The van der Waals surface area contributed by atoms with E-state index in [0.717, 1.165) is 62.3 Å². The van der Waals surface area contributed by atoms with Crippen LogP contribution in [0.5, 0.6) is 11.5 Å². The second kappa shape index (κ2) is 12.6. The molecule has 0 spiro atoms. The number of rotatable bonds is 5. The zero-order valence-electron chi connectivity index (χ0n) is 27.8. The number of ether oxygens (including phenoxy) is 1. The summed E-state index contributed by atoms with van der Waals surface area (Å²) in [7, 11) is 0. The lowest BCUT2D eigenvalue weighted by atomic mass is 10.1. The number of hydrogen-bond donors (Lipinski definition) is 0. The summed E-state index contributed by atoms with van der Waals surface area (Å²) in [6.07, 6.45) is 0. The van der Waals surface area contributed by atoms with Crippen LogP contribution in [-0.2, 0) is 0 Å². The molecule has 0 saturated carbocycles. The molecule has 0 radical (unpaired) electrons. The van der Waals surface area contributed by atoms with E-state index >= 15 is 0 Å². The number of nitrogens with zero attached hydrogens (tertiary/aromatic N) is 5. The summed E-state index contributed by atoms with van der Waals surface area (Å²) >= 11 is 1.79. The van der Waals surface area contributed by atoms with Gasteiger partial charge >= 0.3 is 0 Å². The molecule has 10 rings (SSSR count). The van der Waals surface area contributed by atoms with E-state index in [4.69, 9.17) is 19.7 Å². The largest absolute Gasteiger partial charge is 0.453 e. The molecular weight excluding hydrogens is 659 g/mol. The third kappa shape index (κ3) is 5.27. The molecule has 0 atom stereocenters. The van der Waals surface area contributed by atoms with Crippen molar-refractivity contribution in [2.75, 3.05) is 9.80 Å². The number of aromatic nitrogens is 3. The third-order valence-corrected chi connectivity index (χ3v) is 10.4.